The minimum Gasteiger partial charge on any atom is -0.349 e. The van der Waals surface area contributed by atoms with Crippen LogP contribution in [-0.4, -0.2) is 12.5 Å². The molecule has 74 valence electrons. The molecule has 0 aliphatic heterocycles. The Labute approximate surface area is 86.4 Å². The molecule has 0 fully saturated rings. The molecule has 4 heteroatoms. The molecule has 0 atom stereocenters. The largest absolute Gasteiger partial charge is 0.349 e. The van der Waals surface area contributed by atoms with Crippen LogP contribution in [0, 0.1) is 5.82 Å². The Kier molecular flexibility index (Phi) is 3.65. The molecule has 0 aromatic heterocycles. The lowest BCUT2D eigenvalue weighted by Gasteiger charge is -2.04. The zero-order valence-corrected chi connectivity index (χ0v) is 8.14. The normalized spacial score (nSPS) is 9.57. The van der Waals surface area contributed by atoms with Gasteiger partial charge in [0.15, 0.2) is 0 Å². The van der Waals surface area contributed by atoms with Crippen molar-refractivity contribution >= 4 is 17.5 Å². The maximum atomic E-state index is 12.9. The zero-order valence-electron chi connectivity index (χ0n) is 7.39. The summed E-state index contributed by atoms with van der Waals surface area (Å²) < 4.78 is 12.9. The lowest BCUT2D eigenvalue weighted by atomic mass is 10.2. The summed E-state index contributed by atoms with van der Waals surface area (Å²) in [5, 5.41) is 2.35. The summed E-state index contributed by atoms with van der Waals surface area (Å²) in [6.45, 7) is 3.77. The van der Waals surface area contributed by atoms with Gasteiger partial charge in [0.25, 0.3) is 5.91 Å². The molecule has 1 aromatic rings. The summed E-state index contributed by atoms with van der Waals surface area (Å²) in [6.07, 6.45) is 1.53. The number of nitrogens with one attached hydrogen (secondary N) is 1. The predicted octanol–water partition coefficient (Wildman–Crippen LogP) is 2.39. The van der Waals surface area contributed by atoms with Crippen molar-refractivity contribution < 1.29 is 9.18 Å². The fourth-order valence-corrected chi connectivity index (χ4v) is 1.15. The van der Waals surface area contributed by atoms with Crippen molar-refractivity contribution in [2.45, 2.75) is 0 Å². The second-order valence-electron chi connectivity index (χ2n) is 2.60. The van der Waals surface area contributed by atoms with E-state index in [2.05, 4.69) is 11.9 Å². The van der Waals surface area contributed by atoms with Crippen molar-refractivity contribution in [3.8, 4) is 0 Å². The van der Waals surface area contributed by atoms with Crippen LogP contribution in [0.4, 0.5) is 4.39 Å². The lowest BCUT2D eigenvalue weighted by molar-refractivity contribution is 0.0957. The van der Waals surface area contributed by atoms with E-state index >= 15 is 0 Å². The van der Waals surface area contributed by atoms with Crippen molar-refractivity contribution in [2.75, 3.05) is 6.54 Å². The second kappa shape index (κ2) is 4.77. The summed E-state index contributed by atoms with van der Waals surface area (Å²) in [5.74, 6) is -1.01. The standard InChI is InChI=1S/C10H9ClFNO/c1-2-6-13-10(14)7-4-3-5-8(12)9(7)11/h2-5H,1,6H2,(H,13,14). The number of hydrogen-bond acceptors (Lipinski definition) is 1. The Bertz CT molecular complexity index is 365. The van der Waals surface area contributed by atoms with Gasteiger partial charge in [-0.05, 0) is 12.1 Å². The Morgan fingerprint density at radius 2 is 2.36 bits per heavy atom. The van der Waals surface area contributed by atoms with E-state index in [0.717, 1.165) is 0 Å². The minimum atomic E-state index is -0.599. The van der Waals surface area contributed by atoms with Gasteiger partial charge in [-0.15, -0.1) is 6.58 Å². The van der Waals surface area contributed by atoms with E-state index in [1.165, 1.54) is 24.3 Å². The van der Waals surface area contributed by atoms with Crippen LogP contribution in [-0.2, 0) is 0 Å². The highest BCUT2D eigenvalue weighted by molar-refractivity contribution is 6.34. The second-order valence-corrected chi connectivity index (χ2v) is 2.98. The van der Waals surface area contributed by atoms with Crippen molar-refractivity contribution in [3.05, 3.63) is 47.3 Å². The summed E-state index contributed by atoms with van der Waals surface area (Å²) >= 11 is 5.61. The van der Waals surface area contributed by atoms with Crippen LogP contribution in [0.3, 0.4) is 0 Å². The third kappa shape index (κ3) is 2.33. The molecule has 1 N–H and O–H groups in total. The minimum absolute atomic E-state index is 0.133. The van der Waals surface area contributed by atoms with Gasteiger partial charge < -0.3 is 5.32 Å². The summed E-state index contributed by atoms with van der Waals surface area (Å²) in [5.41, 5.74) is 0.133. The first-order valence-electron chi connectivity index (χ1n) is 4.00. The molecule has 0 heterocycles. The molecule has 0 saturated carbocycles. The fourth-order valence-electron chi connectivity index (χ4n) is 0.939. The third-order valence-electron chi connectivity index (χ3n) is 1.60. The van der Waals surface area contributed by atoms with Crippen LogP contribution in [0.25, 0.3) is 0 Å². The molecule has 1 aromatic carbocycles. The lowest BCUT2D eigenvalue weighted by Crippen LogP contribution is -2.23. The molecule has 14 heavy (non-hydrogen) atoms. The molecular formula is C10H9ClFNO. The van der Waals surface area contributed by atoms with Crippen LogP contribution in [0.1, 0.15) is 10.4 Å². The number of hydrogen-bond donors (Lipinski definition) is 1. The average molecular weight is 214 g/mol. The van der Waals surface area contributed by atoms with E-state index in [4.69, 9.17) is 11.6 Å². The van der Waals surface area contributed by atoms with Gasteiger partial charge in [0.2, 0.25) is 0 Å². The molecule has 0 aliphatic carbocycles. The molecule has 0 aliphatic rings. The van der Waals surface area contributed by atoms with Gasteiger partial charge in [-0.25, -0.2) is 4.39 Å². The monoisotopic (exact) mass is 213 g/mol. The van der Waals surface area contributed by atoms with Gasteiger partial charge in [-0.1, -0.05) is 23.7 Å². The molecule has 1 amide bonds. The SMILES string of the molecule is C=CCNC(=O)c1cccc(F)c1Cl. The third-order valence-corrected chi connectivity index (χ3v) is 1.99. The summed E-state index contributed by atoms with van der Waals surface area (Å²) in [6, 6.07) is 4.10. The van der Waals surface area contributed by atoms with Crippen molar-refractivity contribution in [1.29, 1.82) is 0 Å². The topological polar surface area (TPSA) is 29.1 Å². The van der Waals surface area contributed by atoms with E-state index in [-0.39, 0.29) is 10.6 Å². The van der Waals surface area contributed by atoms with Gasteiger partial charge in [-0.3, -0.25) is 4.79 Å². The van der Waals surface area contributed by atoms with Crippen LogP contribution < -0.4 is 5.32 Å². The van der Waals surface area contributed by atoms with Crippen molar-refractivity contribution in [2.24, 2.45) is 0 Å². The molecule has 0 unspecified atom stereocenters. The smallest absolute Gasteiger partial charge is 0.253 e. The number of carbonyl (C=O) groups is 1. The highest BCUT2D eigenvalue weighted by Crippen LogP contribution is 2.19. The summed E-state index contributed by atoms with van der Waals surface area (Å²) in [4.78, 5) is 11.4. The number of benzene rings is 1. The van der Waals surface area contributed by atoms with Gasteiger partial charge >= 0.3 is 0 Å². The Morgan fingerprint density at radius 3 is 3.00 bits per heavy atom. The zero-order chi connectivity index (χ0) is 10.6. The molecule has 0 radical (unpaired) electrons. The summed E-state index contributed by atoms with van der Waals surface area (Å²) in [7, 11) is 0. The first-order chi connectivity index (χ1) is 6.66. The Balaban J connectivity index is 2.89. The quantitative estimate of drug-likeness (QED) is 0.768. The predicted molar refractivity (Wildman–Crippen MR) is 53.9 cm³/mol. The van der Waals surface area contributed by atoms with E-state index in [0.29, 0.717) is 6.54 Å². The molecule has 1 rings (SSSR count). The van der Waals surface area contributed by atoms with Crippen molar-refractivity contribution in [3.63, 3.8) is 0 Å². The molecule has 0 bridgehead atoms. The molecule has 0 saturated heterocycles. The number of amides is 1. The number of rotatable bonds is 3. The fraction of sp³-hybridized carbons (Fsp3) is 0.100. The van der Waals surface area contributed by atoms with E-state index < -0.39 is 11.7 Å². The molecule has 2 nitrogen and oxygen atoms in total. The van der Waals surface area contributed by atoms with Gasteiger partial charge in [0.1, 0.15) is 5.82 Å². The van der Waals surface area contributed by atoms with Crippen molar-refractivity contribution in [1.82, 2.24) is 5.32 Å². The maximum Gasteiger partial charge on any atom is 0.253 e. The van der Waals surface area contributed by atoms with Crippen LogP contribution in [0.15, 0.2) is 30.9 Å². The van der Waals surface area contributed by atoms with Crippen LogP contribution in [0.5, 0.6) is 0 Å². The average Bonchev–Trinajstić information content (AvgIpc) is 2.18. The van der Waals surface area contributed by atoms with E-state index in [1.807, 2.05) is 0 Å². The van der Waals surface area contributed by atoms with Crippen LogP contribution in [0.2, 0.25) is 5.02 Å². The van der Waals surface area contributed by atoms with Crippen LogP contribution >= 0.6 is 11.6 Å². The first kappa shape index (κ1) is 10.7. The van der Waals surface area contributed by atoms with Gasteiger partial charge in [-0.2, -0.15) is 0 Å². The first-order valence-corrected chi connectivity index (χ1v) is 4.37. The number of halogens is 2. The highest BCUT2D eigenvalue weighted by Gasteiger charge is 2.11. The van der Waals surface area contributed by atoms with E-state index in [1.54, 1.807) is 0 Å². The number of carbonyl (C=O) groups excluding carboxylic acids is 1. The molecular weight excluding hydrogens is 205 g/mol. The highest BCUT2D eigenvalue weighted by atomic mass is 35.5. The molecule has 0 spiro atoms. The maximum absolute atomic E-state index is 12.9. The van der Waals surface area contributed by atoms with E-state index in [9.17, 15) is 9.18 Å². The Hall–Kier alpha value is -1.35. The van der Waals surface area contributed by atoms with Gasteiger partial charge in [0, 0.05) is 6.54 Å². The van der Waals surface area contributed by atoms with Gasteiger partial charge in [0.05, 0.1) is 10.6 Å². The Morgan fingerprint density at radius 1 is 1.64 bits per heavy atom.